The van der Waals surface area contributed by atoms with Gasteiger partial charge in [0.2, 0.25) is 0 Å². The van der Waals surface area contributed by atoms with Crippen LogP contribution in [0.5, 0.6) is 0 Å². The molecule has 3 atom stereocenters. The number of rotatable bonds is 4. The van der Waals surface area contributed by atoms with E-state index in [0.717, 1.165) is 19.6 Å². The van der Waals surface area contributed by atoms with Crippen LogP contribution in [0, 0.1) is 0 Å². The van der Waals surface area contributed by atoms with Crippen molar-refractivity contribution in [2.75, 3.05) is 26.7 Å². The number of nitrogens with zero attached hydrogens (tertiary/aromatic N) is 1. The molecule has 3 unspecified atom stereocenters. The minimum Gasteiger partial charge on any atom is -0.372 e. The molecule has 2 aliphatic heterocycles. The maximum Gasteiger partial charge on any atom is 0.0707 e. The maximum atomic E-state index is 5.82. The molecule has 2 bridgehead atoms. The van der Waals surface area contributed by atoms with Crippen molar-refractivity contribution in [1.82, 2.24) is 10.2 Å². The second kappa shape index (κ2) is 4.60. The van der Waals surface area contributed by atoms with Gasteiger partial charge in [-0.25, -0.2) is 0 Å². The minimum absolute atomic E-state index is 0.533. The van der Waals surface area contributed by atoms with Crippen LogP contribution in [-0.4, -0.2) is 49.8 Å². The molecule has 14 heavy (non-hydrogen) atoms. The van der Waals surface area contributed by atoms with Crippen LogP contribution in [0.2, 0.25) is 0 Å². The van der Waals surface area contributed by atoms with Gasteiger partial charge in [0.1, 0.15) is 0 Å². The molecule has 2 aliphatic rings. The molecule has 0 radical (unpaired) electrons. The molecule has 0 amide bonds. The Kier molecular flexibility index (Phi) is 3.42. The topological polar surface area (TPSA) is 24.5 Å². The summed E-state index contributed by atoms with van der Waals surface area (Å²) in [7, 11) is 2.02. The van der Waals surface area contributed by atoms with E-state index in [-0.39, 0.29) is 0 Å². The zero-order valence-electron chi connectivity index (χ0n) is 9.33. The molecular weight excluding hydrogens is 176 g/mol. The summed E-state index contributed by atoms with van der Waals surface area (Å²) >= 11 is 0. The molecule has 1 N–H and O–H groups in total. The highest BCUT2D eigenvalue weighted by Gasteiger charge is 2.34. The Morgan fingerprint density at radius 3 is 2.57 bits per heavy atom. The predicted molar refractivity (Wildman–Crippen MR) is 57.5 cm³/mol. The number of ether oxygens (including phenoxy) is 1. The lowest BCUT2D eigenvalue weighted by Gasteiger charge is -2.36. The third-order valence-corrected chi connectivity index (χ3v) is 3.51. The summed E-state index contributed by atoms with van der Waals surface area (Å²) < 4.78 is 5.82. The van der Waals surface area contributed by atoms with E-state index in [9.17, 15) is 0 Å². The Bertz CT molecular complexity index is 174. The quantitative estimate of drug-likeness (QED) is 0.725. The highest BCUT2D eigenvalue weighted by Crippen LogP contribution is 2.27. The van der Waals surface area contributed by atoms with Gasteiger partial charge in [-0.2, -0.15) is 0 Å². The Labute approximate surface area is 86.8 Å². The van der Waals surface area contributed by atoms with Crippen LogP contribution < -0.4 is 5.32 Å². The zero-order valence-corrected chi connectivity index (χ0v) is 9.33. The first-order chi connectivity index (χ1) is 6.79. The lowest BCUT2D eigenvalue weighted by atomic mass is 10.1. The summed E-state index contributed by atoms with van der Waals surface area (Å²) in [6, 6.07) is 0.703. The van der Waals surface area contributed by atoms with E-state index >= 15 is 0 Å². The molecule has 2 heterocycles. The monoisotopic (exact) mass is 198 g/mol. The fourth-order valence-electron chi connectivity index (χ4n) is 2.54. The molecule has 2 rings (SSSR count). The van der Waals surface area contributed by atoms with E-state index in [1.807, 2.05) is 7.05 Å². The van der Waals surface area contributed by atoms with Gasteiger partial charge in [0.15, 0.2) is 0 Å². The Hall–Kier alpha value is -0.120. The van der Waals surface area contributed by atoms with Crippen molar-refractivity contribution in [1.29, 1.82) is 0 Å². The molecule has 3 nitrogen and oxygen atoms in total. The number of hydrogen-bond donors (Lipinski definition) is 1. The molecule has 82 valence electrons. The summed E-state index contributed by atoms with van der Waals surface area (Å²) in [5.41, 5.74) is 0. The van der Waals surface area contributed by atoms with Crippen LogP contribution in [0.4, 0.5) is 0 Å². The van der Waals surface area contributed by atoms with Crippen molar-refractivity contribution in [2.45, 2.75) is 44.4 Å². The summed E-state index contributed by atoms with van der Waals surface area (Å²) in [5.74, 6) is 0. The average molecular weight is 198 g/mol. The van der Waals surface area contributed by atoms with Gasteiger partial charge in [-0.3, -0.25) is 4.90 Å². The van der Waals surface area contributed by atoms with E-state index in [1.165, 1.54) is 19.3 Å². The molecule has 3 heteroatoms. The van der Waals surface area contributed by atoms with E-state index < -0.39 is 0 Å². The summed E-state index contributed by atoms with van der Waals surface area (Å²) in [6.45, 7) is 5.76. The zero-order chi connectivity index (χ0) is 9.97. The lowest BCUT2D eigenvalue weighted by Crippen LogP contribution is -2.47. The first kappa shape index (κ1) is 10.4. The average Bonchev–Trinajstić information content (AvgIpc) is 2.54. The summed E-state index contributed by atoms with van der Waals surface area (Å²) in [4.78, 5) is 2.60. The van der Waals surface area contributed by atoms with E-state index in [2.05, 4.69) is 17.1 Å². The number of morpholine rings is 1. The van der Waals surface area contributed by atoms with Crippen LogP contribution in [0.1, 0.15) is 26.2 Å². The van der Waals surface area contributed by atoms with Gasteiger partial charge in [0.25, 0.3) is 0 Å². The van der Waals surface area contributed by atoms with Gasteiger partial charge < -0.3 is 10.1 Å². The molecule has 0 aromatic rings. The second-order valence-electron chi connectivity index (χ2n) is 4.65. The summed E-state index contributed by atoms with van der Waals surface area (Å²) in [5, 5.41) is 3.22. The van der Waals surface area contributed by atoms with Crippen molar-refractivity contribution in [3.8, 4) is 0 Å². The Morgan fingerprint density at radius 2 is 2.00 bits per heavy atom. The maximum absolute atomic E-state index is 5.82. The molecule has 2 saturated heterocycles. The Morgan fingerprint density at radius 1 is 1.36 bits per heavy atom. The molecule has 0 aromatic heterocycles. The van der Waals surface area contributed by atoms with E-state index in [4.69, 9.17) is 4.74 Å². The highest BCUT2D eigenvalue weighted by atomic mass is 16.5. The van der Waals surface area contributed by atoms with E-state index in [1.54, 1.807) is 0 Å². The van der Waals surface area contributed by atoms with Gasteiger partial charge in [-0.05, 0) is 39.8 Å². The largest absolute Gasteiger partial charge is 0.372 e. The van der Waals surface area contributed by atoms with Gasteiger partial charge in [0.05, 0.1) is 12.2 Å². The van der Waals surface area contributed by atoms with Crippen molar-refractivity contribution < 1.29 is 4.74 Å². The molecule has 0 spiro atoms. The van der Waals surface area contributed by atoms with Gasteiger partial charge in [0, 0.05) is 19.1 Å². The highest BCUT2D eigenvalue weighted by molar-refractivity contribution is 4.86. The fourth-order valence-corrected chi connectivity index (χ4v) is 2.54. The second-order valence-corrected chi connectivity index (χ2v) is 4.65. The number of hydrogen-bond acceptors (Lipinski definition) is 3. The third kappa shape index (κ3) is 2.27. The van der Waals surface area contributed by atoms with Crippen molar-refractivity contribution >= 4 is 0 Å². The third-order valence-electron chi connectivity index (χ3n) is 3.51. The minimum atomic E-state index is 0.533. The predicted octanol–water partition coefficient (Wildman–Crippen LogP) is 0.848. The van der Waals surface area contributed by atoms with Gasteiger partial charge >= 0.3 is 0 Å². The standard InChI is InChI=1S/C11H22N2O/c1-9(5-6-12-2)13-7-10-3-4-11(8-13)14-10/h9-12H,3-8H2,1-2H3. The van der Waals surface area contributed by atoms with Crippen LogP contribution in [0.15, 0.2) is 0 Å². The van der Waals surface area contributed by atoms with Crippen molar-refractivity contribution in [3.05, 3.63) is 0 Å². The first-order valence-electron chi connectivity index (χ1n) is 5.83. The van der Waals surface area contributed by atoms with Gasteiger partial charge in [-0.15, -0.1) is 0 Å². The smallest absolute Gasteiger partial charge is 0.0707 e. The number of fused-ring (bicyclic) bond motifs is 2. The molecule has 2 fully saturated rings. The molecule has 0 aliphatic carbocycles. The fraction of sp³-hybridized carbons (Fsp3) is 1.00. The van der Waals surface area contributed by atoms with Gasteiger partial charge in [-0.1, -0.05) is 0 Å². The van der Waals surface area contributed by atoms with Crippen molar-refractivity contribution in [2.24, 2.45) is 0 Å². The molecule has 0 aromatic carbocycles. The SMILES string of the molecule is CNCCC(C)N1CC2CCC(C1)O2. The first-order valence-corrected chi connectivity index (χ1v) is 5.83. The van der Waals surface area contributed by atoms with E-state index in [0.29, 0.717) is 18.2 Å². The van der Waals surface area contributed by atoms with Crippen LogP contribution in [-0.2, 0) is 4.74 Å². The Balaban J connectivity index is 1.80. The molecular formula is C11H22N2O. The normalized spacial score (nSPS) is 34.7. The summed E-state index contributed by atoms with van der Waals surface area (Å²) in [6.07, 6.45) is 4.87. The lowest BCUT2D eigenvalue weighted by molar-refractivity contribution is -0.0511. The van der Waals surface area contributed by atoms with Crippen LogP contribution in [0.25, 0.3) is 0 Å². The number of nitrogens with one attached hydrogen (secondary N) is 1. The van der Waals surface area contributed by atoms with Crippen molar-refractivity contribution in [3.63, 3.8) is 0 Å². The van der Waals surface area contributed by atoms with Crippen LogP contribution in [0.3, 0.4) is 0 Å². The number of likely N-dealkylation sites (tertiary alicyclic amines) is 1. The van der Waals surface area contributed by atoms with Crippen LogP contribution >= 0.6 is 0 Å². The molecule has 0 saturated carbocycles.